The van der Waals surface area contributed by atoms with Gasteiger partial charge < -0.3 is 4.90 Å². The maximum absolute atomic E-state index is 11.9. The zero-order valence-electron chi connectivity index (χ0n) is 11.2. The van der Waals surface area contributed by atoms with Crippen LogP contribution < -0.4 is 5.56 Å². The molecule has 20 heavy (non-hydrogen) atoms. The van der Waals surface area contributed by atoms with Gasteiger partial charge in [-0.05, 0) is 13.0 Å². The molecule has 1 heterocycles. The average molecular weight is 278 g/mol. The Hall–Kier alpha value is -2.69. The molecule has 0 saturated carbocycles. The third-order valence-electron chi connectivity index (χ3n) is 2.85. The number of nitro groups is 1. The van der Waals surface area contributed by atoms with Gasteiger partial charge in [0.25, 0.3) is 0 Å². The molecule has 0 fully saturated rings. The number of hydrogen-bond acceptors (Lipinski definition) is 5. The number of hydrogen-bond donors (Lipinski definition) is 0. The van der Waals surface area contributed by atoms with Gasteiger partial charge in [-0.3, -0.25) is 24.3 Å². The SMILES string of the molecule is Cc1ccc([N+](=O)[O-])c(=O)n1CC(=O)N(C)CCC#N. The first-order valence-corrected chi connectivity index (χ1v) is 5.84. The second-order valence-corrected chi connectivity index (χ2v) is 4.23. The van der Waals surface area contributed by atoms with Gasteiger partial charge in [-0.25, -0.2) is 0 Å². The molecule has 0 aliphatic heterocycles. The summed E-state index contributed by atoms with van der Waals surface area (Å²) in [6.45, 7) is 1.56. The number of carbonyl (C=O) groups excluding carboxylic acids is 1. The number of aryl methyl sites for hydroxylation is 1. The van der Waals surface area contributed by atoms with E-state index in [0.29, 0.717) is 5.69 Å². The molecule has 0 bridgehead atoms. The first-order chi connectivity index (χ1) is 9.38. The fourth-order valence-electron chi connectivity index (χ4n) is 1.59. The fraction of sp³-hybridized carbons (Fsp3) is 0.417. The summed E-state index contributed by atoms with van der Waals surface area (Å²) in [5.41, 5.74) is -0.914. The highest BCUT2D eigenvalue weighted by Gasteiger charge is 2.18. The van der Waals surface area contributed by atoms with Gasteiger partial charge in [-0.15, -0.1) is 0 Å². The number of pyridine rings is 1. The lowest BCUT2D eigenvalue weighted by atomic mass is 10.3. The Balaban J connectivity index is 3.01. The Labute approximate surface area is 115 Å². The van der Waals surface area contributed by atoms with E-state index in [2.05, 4.69) is 0 Å². The molecular formula is C12H14N4O4. The van der Waals surface area contributed by atoms with Gasteiger partial charge >= 0.3 is 11.2 Å². The van der Waals surface area contributed by atoms with Crippen LogP contribution in [0.4, 0.5) is 5.69 Å². The molecule has 1 amide bonds. The van der Waals surface area contributed by atoms with Crippen LogP contribution in [-0.2, 0) is 11.3 Å². The van der Waals surface area contributed by atoms with Crippen molar-refractivity contribution in [2.75, 3.05) is 13.6 Å². The summed E-state index contributed by atoms with van der Waals surface area (Å²) in [5.74, 6) is -0.383. The predicted octanol–water partition coefficient (Wildman–Crippen LogP) is 0.437. The van der Waals surface area contributed by atoms with E-state index in [9.17, 15) is 19.7 Å². The van der Waals surface area contributed by atoms with Crippen molar-refractivity contribution in [2.24, 2.45) is 0 Å². The second kappa shape index (κ2) is 6.47. The molecule has 8 heteroatoms. The van der Waals surface area contributed by atoms with Crippen molar-refractivity contribution in [3.05, 3.63) is 38.3 Å². The predicted molar refractivity (Wildman–Crippen MR) is 70.0 cm³/mol. The summed E-state index contributed by atoms with van der Waals surface area (Å²) >= 11 is 0. The van der Waals surface area contributed by atoms with Crippen LogP contribution in [-0.4, -0.2) is 33.9 Å². The number of carbonyl (C=O) groups is 1. The van der Waals surface area contributed by atoms with E-state index >= 15 is 0 Å². The third kappa shape index (κ3) is 3.41. The number of nitriles is 1. The van der Waals surface area contributed by atoms with Gasteiger partial charge in [0.05, 0.1) is 17.4 Å². The maximum atomic E-state index is 11.9. The highest BCUT2D eigenvalue weighted by atomic mass is 16.6. The zero-order valence-corrected chi connectivity index (χ0v) is 11.2. The molecule has 0 radical (unpaired) electrons. The Morgan fingerprint density at radius 3 is 2.75 bits per heavy atom. The molecule has 0 aromatic carbocycles. The quantitative estimate of drug-likeness (QED) is 0.573. The normalized spacial score (nSPS) is 9.85. The third-order valence-corrected chi connectivity index (χ3v) is 2.85. The summed E-state index contributed by atoms with van der Waals surface area (Å²) in [5, 5.41) is 19.2. The number of likely N-dealkylation sites (N-methyl/N-ethyl adjacent to an activating group) is 1. The Morgan fingerprint density at radius 2 is 2.20 bits per heavy atom. The average Bonchev–Trinajstić information content (AvgIpc) is 2.39. The number of amides is 1. The summed E-state index contributed by atoms with van der Waals surface area (Å²) in [4.78, 5) is 35.0. The Bertz CT molecular complexity index is 629. The van der Waals surface area contributed by atoms with E-state index in [1.165, 1.54) is 18.0 Å². The lowest BCUT2D eigenvalue weighted by Crippen LogP contribution is -2.35. The van der Waals surface area contributed by atoms with Crippen LogP contribution in [0.3, 0.4) is 0 Å². The van der Waals surface area contributed by atoms with Crippen LogP contribution in [0, 0.1) is 28.4 Å². The largest absolute Gasteiger partial charge is 0.343 e. The van der Waals surface area contributed by atoms with E-state index in [1.54, 1.807) is 6.92 Å². The van der Waals surface area contributed by atoms with Gasteiger partial charge in [-0.2, -0.15) is 5.26 Å². The summed E-state index contributed by atoms with van der Waals surface area (Å²) in [6, 6.07) is 4.45. The van der Waals surface area contributed by atoms with Crippen molar-refractivity contribution in [2.45, 2.75) is 19.9 Å². The van der Waals surface area contributed by atoms with Crippen molar-refractivity contribution >= 4 is 11.6 Å². The number of rotatable bonds is 5. The van der Waals surface area contributed by atoms with Crippen molar-refractivity contribution in [3.63, 3.8) is 0 Å². The van der Waals surface area contributed by atoms with Crippen LogP contribution in [0.5, 0.6) is 0 Å². The molecule has 0 atom stereocenters. The minimum Gasteiger partial charge on any atom is -0.343 e. The monoisotopic (exact) mass is 278 g/mol. The van der Waals surface area contributed by atoms with E-state index in [-0.39, 0.29) is 25.4 Å². The molecule has 0 N–H and O–H groups in total. The maximum Gasteiger partial charge on any atom is 0.334 e. The molecule has 0 aliphatic rings. The summed E-state index contributed by atoms with van der Waals surface area (Å²) < 4.78 is 1.06. The van der Waals surface area contributed by atoms with Gasteiger partial charge in [0.1, 0.15) is 6.54 Å². The first kappa shape index (κ1) is 15.4. The lowest BCUT2D eigenvalue weighted by molar-refractivity contribution is -0.386. The minimum atomic E-state index is -0.808. The molecule has 0 spiro atoms. The van der Waals surface area contributed by atoms with Crippen molar-refractivity contribution in [3.8, 4) is 6.07 Å². The lowest BCUT2D eigenvalue weighted by Gasteiger charge is -2.17. The molecule has 0 saturated heterocycles. The van der Waals surface area contributed by atoms with Gasteiger partial charge in [-0.1, -0.05) is 0 Å². The van der Waals surface area contributed by atoms with Crippen LogP contribution >= 0.6 is 0 Å². The van der Waals surface area contributed by atoms with Gasteiger partial charge in [0, 0.05) is 25.4 Å². The second-order valence-electron chi connectivity index (χ2n) is 4.23. The smallest absolute Gasteiger partial charge is 0.334 e. The van der Waals surface area contributed by atoms with E-state index < -0.39 is 16.2 Å². The molecule has 0 aliphatic carbocycles. The van der Waals surface area contributed by atoms with Crippen molar-refractivity contribution < 1.29 is 9.72 Å². The van der Waals surface area contributed by atoms with E-state index in [4.69, 9.17) is 5.26 Å². The highest BCUT2D eigenvalue weighted by molar-refractivity contribution is 5.75. The Morgan fingerprint density at radius 1 is 1.55 bits per heavy atom. The van der Waals surface area contributed by atoms with Crippen LogP contribution in [0.1, 0.15) is 12.1 Å². The zero-order chi connectivity index (χ0) is 15.3. The molecular weight excluding hydrogens is 264 g/mol. The summed E-state index contributed by atoms with van der Waals surface area (Å²) in [6.07, 6.45) is 0.186. The minimum absolute atomic E-state index is 0.186. The van der Waals surface area contributed by atoms with Gasteiger partial charge in [0.2, 0.25) is 5.91 Å². The Kier molecular flexibility index (Phi) is 4.97. The van der Waals surface area contributed by atoms with Crippen LogP contribution in [0.2, 0.25) is 0 Å². The first-order valence-electron chi connectivity index (χ1n) is 5.84. The van der Waals surface area contributed by atoms with Crippen LogP contribution in [0.15, 0.2) is 16.9 Å². The molecule has 1 rings (SSSR count). The number of nitrogens with zero attached hydrogens (tertiary/aromatic N) is 4. The molecule has 106 valence electrons. The number of aromatic nitrogens is 1. The van der Waals surface area contributed by atoms with Crippen molar-refractivity contribution in [1.82, 2.24) is 9.47 Å². The molecule has 1 aromatic rings. The van der Waals surface area contributed by atoms with Crippen molar-refractivity contribution in [1.29, 1.82) is 5.26 Å². The molecule has 0 unspecified atom stereocenters. The topological polar surface area (TPSA) is 109 Å². The summed E-state index contributed by atoms with van der Waals surface area (Å²) in [7, 11) is 1.51. The van der Waals surface area contributed by atoms with Crippen LogP contribution in [0.25, 0.3) is 0 Å². The fourth-order valence-corrected chi connectivity index (χ4v) is 1.59. The molecule has 1 aromatic heterocycles. The van der Waals surface area contributed by atoms with E-state index in [0.717, 1.165) is 10.6 Å². The highest BCUT2D eigenvalue weighted by Crippen LogP contribution is 2.06. The van der Waals surface area contributed by atoms with E-state index in [1.807, 2.05) is 6.07 Å². The standard InChI is InChI=1S/C12H14N4O4/c1-9-4-5-10(16(19)20)12(18)15(9)8-11(17)14(2)7-3-6-13/h4-5H,3,7-8H2,1-2H3. The molecule has 8 nitrogen and oxygen atoms in total. The van der Waals surface area contributed by atoms with Gasteiger partial charge in [0.15, 0.2) is 0 Å².